The van der Waals surface area contributed by atoms with E-state index >= 15 is 0 Å². The summed E-state index contributed by atoms with van der Waals surface area (Å²) in [6.07, 6.45) is 5.82. The molecule has 2 aromatic rings. The van der Waals surface area contributed by atoms with E-state index in [9.17, 15) is 0 Å². The molecule has 0 saturated carbocycles. The van der Waals surface area contributed by atoms with Gasteiger partial charge in [0.1, 0.15) is 12.4 Å². The first-order chi connectivity index (χ1) is 11.8. The van der Waals surface area contributed by atoms with Crippen molar-refractivity contribution in [1.29, 1.82) is 0 Å². The Labute approximate surface area is 145 Å². The van der Waals surface area contributed by atoms with E-state index in [1.54, 1.807) is 6.20 Å². The second-order valence-corrected chi connectivity index (χ2v) is 5.26. The zero-order valence-corrected chi connectivity index (χ0v) is 14.4. The third-order valence-corrected chi connectivity index (χ3v) is 3.65. The van der Waals surface area contributed by atoms with Gasteiger partial charge < -0.3 is 4.74 Å². The van der Waals surface area contributed by atoms with E-state index in [2.05, 4.69) is 35.6 Å². The number of benzene rings is 1. The molecule has 1 heterocycles. The van der Waals surface area contributed by atoms with E-state index in [0.29, 0.717) is 6.61 Å². The van der Waals surface area contributed by atoms with Crippen LogP contribution in [0.5, 0.6) is 5.75 Å². The van der Waals surface area contributed by atoms with Gasteiger partial charge in [0.05, 0.1) is 12.2 Å². The van der Waals surface area contributed by atoms with Crippen LogP contribution in [0.25, 0.3) is 12.2 Å². The predicted octanol–water partition coefficient (Wildman–Crippen LogP) is 3.98. The molecule has 0 aliphatic rings. The summed E-state index contributed by atoms with van der Waals surface area (Å²) in [6, 6.07) is 13.8. The Morgan fingerprint density at radius 3 is 2.46 bits per heavy atom. The fourth-order valence-corrected chi connectivity index (χ4v) is 2.12. The summed E-state index contributed by atoms with van der Waals surface area (Å²) in [5, 5.41) is 0. The van der Waals surface area contributed by atoms with Crippen LogP contribution in [-0.2, 0) is 0 Å². The first kappa shape index (κ1) is 17.8. The van der Waals surface area contributed by atoms with Gasteiger partial charge in [-0.25, -0.2) is 0 Å². The maximum atomic E-state index is 5.64. The van der Waals surface area contributed by atoms with Crippen molar-refractivity contribution in [3.05, 3.63) is 59.9 Å². The number of rotatable bonds is 7. The van der Waals surface area contributed by atoms with E-state index in [1.165, 1.54) is 0 Å². The summed E-state index contributed by atoms with van der Waals surface area (Å²) in [5.74, 6) is 7.03. The molecule has 0 aliphatic heterocycles. The van der Waals surface area contributed by atoms with Crippen LogP contribution < -0.4 is 4.74 Å². The highest BCUT2D eigenvalue weighted by Crippen LogP contribution is 2.14. The highest BCUT2D eigenvalue weighted by molar-refractivity contribution is 5.68. The molecule has 1 aromatic carbocycles. The zero-order chi connectivity index (χ0) is 17.0. The second-order valence-electron chi connectivity index (χ2n) is 5.26. The van der Waals surface area contributed by atoms with E-state index in [4.69, 9.17) is 4.74 Å². The molecule has 0 unspecified atom stereocenters. The van der Waals surface area contributed by atoms with Gasteiger partial charge in [-0.1, -0.05) is 50.0 Å². The first-order valence-electron chi connectivity index (χ1n) is 8.32. The minimum absolute atomic E-state index is 0.421. The first-order valence-corrected chi connectivity index (χ1v) is 8.32. The van der Waals surface area contributed by atoms with Gasteiger partial charge in [0.15, 0.2) is 0 Å². The summed E-state index contributed by atoms with van der Waals surface area (Å²) in [7, 11) is 0. The molecule has 0 aliphatic carbocycles. The van der Waals surface area contributed by atoms with Crippen molar-refractivity contribution in [1.82, 2.24) is 9.88 Å². The topological polar surface area (TPSA) is 25.4 Å². The summed E-state index contributed by atoms with van der Waals surface area (Å²) >= 11 is 0. The molecule has 0 bridgehead atoms. The van der Waals surface area contributed by atoms with E-state index in [0.717, 1.165) is 36.6 Å². The molecule has 24 heavy (non-hydrogen) atoms. The van der Waals surface area contributed by atoms with Crippen LogP contribution in [0.3, 0.4) is 0 Å². The third-order valence-electron chi connectivity index (χ3n) is 3.65. The maximum Gasteiger partial charge on any atom is 0.149 e. The van der Waals surface area contributed by atoms with Gasteiger partial charge in [0.25, 0.3) is 0 Å². The normalized spacial score (nSPS) is 10.6. The summed E-state index contributed by atoms with van der Waals surface area (Å²) in [5.41, 5.74) is 2.06. The van der Waals surface area contributed by atoms with Crippen molar-refractivity contribution < 1.29 is 4.74 Å². The molecule has 0 radical (unpaired) electrons. The standard InChI is InChI=1S/C21H24N2O/c1-3-23(4-2)17-7-8-18-24-21-14-11-19(12-15-21)10-13-20-9-5-6-16-22-20/h5-6,9-16H,3-4,17-18H2,1-2H3/b13-10+. The molecular formula is C21H24N2O. The Kier molecular flexibility index (Phi) is 7.59. The molecule has 124 valence electrons. The fraction of sp³-hybridized carbons (Fsp3) is 0.286. The van der Waals surface area contributed by atoms with Gasteiger partial charge >= 0.3 is 0 Å². The molecule has 0 fully saturated rings. The highest BCUT2D eigenvalue weighted by atomic mass is 16.5. The summed E-state index contributed by atoms with van der Waals surface area (Å²) < 4.78 is 5.64. The van der Waals surface area contributed by atoms with Crippen molar-refractivity contribution in [3.8, 4) is 17.6 Å². The molecule has 0 N–H and O–H groups in total. The average Bonchev–Trinajstić information content (AvgIpc) is 2.65. The second kappa shape index (κ2) is 10.3. The smallest absolute Gasteiger partial charge is 0.149 e. The van der Waals surface area contributed by atoms with E-state index < -0.39 is 0 Å². The number of aromatic nitrogens is 1. The fourth-order valence-electron chi connectivity index (χ4n) is 2.12. The zero-order valence-electron chi connectivity index (χ0n) is 14.4. The van der Waals surface area contributed by atoms with Gasteiger partial charge in [-0.15, -0.1) is 0 Å². The quantitative estimate of drug-likeness (QED) is 0.722. The monoisotopic (exact) mass is 320 g/mol. The van der Waals surface area contributed by atoms with Crippen molar-refractivity contribution in [2.75, 3.05) is 26.2 Å². The van der Waals surface area contributed by atoms with E-state index in [1.807, 2.05) is 54.6 Å². The molecule has 0 saturated heterocycles. The van der Waals surface area contributed by atoms with Crippen molar-refractivity contribution in [3.63, 3.8) is 0 Å². The lowest BCUT2D eigenvalue weighted by Crippen LogP contribution is -2.22. The highest BCUT2D eigenvalue weighted by Gasteiger charge is 1.94. The number of hydrogen-bond acceptors (Lipinski definition) is 3. The molecule has 3 heteroatoms. The van der Waals surface area contributed by atoms with Crippen molar-refractivity contribution >= 4 is 12.2 Å². The van der Waals surface area contributed by atoms with Gasteiger partial charge in [-0.3, -0.25) is 9.88 Å². The predicted molar refractivity (Wildman–Crippen MR) is 101 cm³/mol. The van der Waals surface area contributed by atoms with Crippen LogP contribution in [0, 0.1) is 11.8 Å². The third kappa shape index (κ3) is 6.28. The Morgan fingerprint density at radius 1 is 1.00 bits per heavy atom. The van der Waals surface area contributed by atoms with Crippen LogP contribution in [0.15, 0.2) is 48.7 Å². The Bertz CT molecular complexity index is 677. The van der Waals surface area contributed by atoms with Crippen molar-refractivity contribution in [2.45, 2.75) is 13.8 Å². The summed E-state index contributed by atoms with van der Waals surface area (Å²) in [4.78, 5) is 6.54. The lowest BCUT2D eigenvalue weighted by atomic mass is 10.2. The van der Waals surface area contributed by atoms with Crippen molar-refractivity contribution in [2.24, 2.45) is 0 Å². The number of ether oxygens (including phenoxy) is 1. The van der Waals surface area contributed by atoms with E-state index in [-0.39, 0.29) is 0 Å². The van der Waals surface area contributed by atoms with Gasteiger partial charge in [-0.05, 0) is 49.0 Å². The number of hydrogen-bond donors (Lipinski definition) is 0. The maximum absolute atomic E-state index is 5.64. The molecule has 0 spiro atoms. The van der Waals surface area contributed by atoms with Crippen LogP contribution >= 0.6 is 0 Å². The lowest BCUT2D eigenvalue weighted by molar-refractivity contribution is 0.341. The molecule has 3 nitrogen and oxygen atoms in total. The lowest BCUT2D eigenvalue weighted by Gasteiger charge is -2.13. The minimum atomic E-state index is 0.421. The molecular weight excluding hydrogens is 296 g/mol. The Hall–Kier alpha value is -2.57. The molecule has 1 aromatic heterocycles. The molecule has 2 rings (SSSR count). The van der Waals surface area contributed by atoms with Gasteiger partial charge in [0.2, 0.25) is 0 Å². The average molecular weight is 320 g/mol. The Balaban J connectivity index is 1.80. The van der Waals surface area contributed by atoms with Gasteiger partial charge in [-0.2, -0.15) is 0 Å². The Morgan fingerprint density at radius 2 is 1.79 bits per heavy atom. The van der Waals surface area contributed by atoms with Crippen LogP contribution in [0.1, 0.15) is 25.1 Å². The number of nitrogens with zero attached hydrogens (tertiary/aromatic N) is 2. The van der Waals surface area contributed by atoms with Crippen LogP contribution in [0.2, 0.25) is 0 Å². The van der Waals surface area contributed by atoms with Gasteiger partial charge in [0, 0.05) is 6.20 Å². The molecule has 0 amide bonds. The largest absolute Gasteiger partial charge is 0.481 e. The van der Waals surface area contributed by atoms with Crippen LogP contribution in [-0.4, -0.2) is 36.1 Å². The summed E-state index contributed by atoms with van der Waals surface area (Å²) in [6.45, 7) is 7.56. The molecule has 0 atom stereocenters. The minimum Gasteiger partial charge on any atom is -0.481 e. The number of pyridine rings is 1. The van der Waals surface area contributed by atoms with Crippen LogP contribution in [0.4, 0.5) is 0 Å². The SMILES string of the molecule is CCN(CC)CC#CCOc1ccc(/C=C/c2ccccn2)cc1.